The molecule has 0 saturated carbocycles. The minimum Gasteiger partial charge on any atom is -0.363 e. The van der Waals surface area contributed by atoms with Crippen molar-refractivity contribution in [3.05, 3.63) is 12.2 Å². The van der Waals surface area contributed by atoms with Gasteiger partial charge in [-0.1, -0.05) is 6.08 Å². The molecule has 0 aromatic carbocycles. The first-order chi connectivity index (χ1) is 4.36. The highest BCUT2D eigenvalue weighted by Gasteiger charge is 2.31. The number of ketones is 1. The molecule has 2 heteroatoms. The summed E-state index contributed by atoms with van der Waals surface area (Å²) < 4.78 is 5.27. The van der Waals surface area contributed by atoms with Gasteiger partial charge in [0.25, 0.3) is 0 Å². The molecule has 0 unspecified atom stereocenters. The Kier molecular flexibility index (Phi) is 0.963. The molecular formula is C7H8O2. The van der Waals surface area contributed by atoms with Crippen molar-refractivity contribution in [1.29, 1.82) is 0 Å². The average Bonchev–Trinajstić information content (AvgIpc) is 2.25. The Bertz CT molecular complexity index is 172. The molecule has 2 atom stereocenters. The summed E-state index contributed by atoms with van der Waals surface area (Å²) in [6, 6.07) is 0. The molecule has 2 aliphatic rings. The third-order valence-electron chi connectivity index (χ3n) is 1.84. The normalized spacial score (nSPS) is 39.8. The van der Waals surface area contributed by atoms with Crippen LogP contribution in [0.1, 0.15) is 12.8 Å². The number of carbonyl (C=O) groups excluding carboxylic acids is 1. The number of carbonyl (C=O) groups is 1. The molecule has 2 aliphatic heterocycles. The van der Waals surface area contributed by atoms with Gasteiger partial charge in [0.15, 0.2) is 5.78 Å². The Labute approximate surface area is 53.5 Å². The van der Waals surface area contributed by atoms with Crippen molar-refractivity contribution in [2.45, 2.75) is 25.0 Å². The van der Waals surface area contributed by atoms with Crippen molar-refractivity contribution < 1.29 is 9.53 Å². The number of hydrogen-bond donors (Lipinski definition) is 0. The molecule has 0 aromatic rings. The van der Waals surface area contributed by atoms with Gasteiger partial charge in [0.2, 0.25) is 0 Å². The van der Waals surface area contributed by atoms with E-state index in [2.05, 4.69) is 0 Å². The summed E-state index contributed by atoms with van der Waals surface area (Å²) in [7, 11) is 0. The van der Waals surface area contributed by atoms with Crippen molar-refractivity contribution >= 4 is 5.78 Å². The van der Waals surface area contributed by atoms with Crippen LogP contribution < -0.4 is 0 Å². The largest absolute Gasteiger partial charge is 0.363 e. The van der Waals surface area contributed by atoms with Crippen LogP contribution in [-0.4, -0.2) is 18.0 Å². The van der Waals surface area contributed by atoms with Crippen LogP contribution >= 0.6 is 0 Å². The van der Waals surface area contributed by atoms with Gasteiger partial charge in [-0.05, 0) is 18.9 Å². The van der Waals surface area contributed by atoms with E-state index < -0.39 is 0 Å². The molecule has 2 heterocycles. The highest BCUT2D eigenvalue weighted by Crippen LogP contribution is 2.25. The Hall–Kier alpha value is -0.630. The maximum Gasteiger partial charge on any atom is 0.184 e. The predicted molar refractivity (Wildman–Crippen MR) is 32.0 cm³/mol. The Morgan fingerprint density at radius 3 is 3.22 bits per heavy atom. The zero-order chi connectivity index (χ0) is 6.27. The Morgan fingerprint density at radius 2 is 2.44 bits per heavy atom. The smallest absolute Gasteiger partial charge is 0.184 e. The fraction of sp³-hybridized carbons (Fsp3) is 0.571. The SMILES string of the molecule is O=C1C=C[C@@H]2CC[C@H]1O2. The first-order valence-corrected chi connectivity index (χ1v) is 3.24. The summed E-state index contributed by atoms with van der Waals surface area (Å²) in [5.74, 6) is 0.142. The third-order valence-corrected chi connectivity index (χ3v) is 1.84. The molecule has 0 N–H and O–H groups in total. The Morgan fingerprint density at radius 1 is 1.56 bits per heavy atom. The maximum absolute atomic E-state index is 10.8. The van der Waals surface area contributed by atoms with E-state index in [1.807, 2.05) is 6.08 Å². The van der Waals surface area contributed by atoms with E-state index in [9.17, 15) is 4.79 Å². The Balaban J connectivity index is 2.29. The van der Waals surface area contributed by atoms with E-state index in [0.29, 0.717) is 0 Å². The van der Waals surface area contributed by atoms with Crippen LogP contribution in [0.3, 0.4) is 0 Å². The monoisotopic (exact) mass is 124 g/mol. The second-order valence-electron chi connectivity index (χ2n) is 2.50. The summed E-state index contributed by atoms with van der Waals surface area (Å²) >= 11 is 0. The molecule has 9 heavy (non-hydrogen) atoms. The van der Waals surface area contributed by atoms with Gasteiger partial charge in [-0.25, -0.2) is 0 Å². The summed E-state index contributed by atoms with van der Waals surface area (Å²) in [5.41, 5.74) is 0. The van der Waals surface area contributed by atoms with Gasteiger partial charge in [0.1, 0.15) is 6.10 Å². The van der Waals surface area contributed by atoms with Crippen LogP contribution in [0.15, 0.2) is 12.2 Å². The van der Waals surface area contributed by atoms with Gasteiger partial charge in [-0.15, -0.1) is 0 Å². The second kappa shape index (κ2) is 1.67. The fourth-order valence-electron chi connectivity index (χ4n) is 1.32. The molecule has 0 spiro atoms. The standard InChI is InChI=1S/C7H8O2/c8-6-3-1-5-2-4-7(6)9-5/h1,3,5,7H,2,4H2/t5-,7-/m1/s1. The van der Waals surface area contributed by atoms with Crippen molar-refractivity contribution in [2.24, 2.45) is 0 Å². The van der Waals surface area contributed by atoms with Crippen molar-refractivity contribution in [3.8, 4) is 0 Å². The number of hydrogen-bond acceptors (Lipinski definition) is 2. The van der Waals surface area contributed by atoms with Crippen LogP contribution in [0.25, 0.3) is 0 Å². The van der Waals surface area contributed by atoms with Crippen LogP contribution in [0.5, 0.6) is 0 Å². The van der Waals surface area contributed by atoms with Gasteiger partial charge in [0, 0.05) is 0 Å². The van der Waals surface area contributed by atoms with Crippen molar-refractivity contribution in [1.82, 2.24) is 0 Å². The summed E-state index contributed by atoms with van der Waals surface area (Å²) in [6.45, 7) is 0. The second-order valence-corrected chi connectivity index (χ2v) is 2.50. The van der Waals surface area contributed by atoms with E-state index in [1.54, 1.807) is 6.08 Å². The molecule has 0 amide bonds. The molecule has 2 nitrogen and oxygen atoms in total. The predicted octanol–water partition coefficient (Wildman–Crippen LogP) is 0.673. The van der Waals surface area contributed by atoms with Crippen LogP contribution in [0.4, 0.5) is 0 Å². The minimum absolute atomic E-state index is 0.0972. The molecule has 48 valence electrons. The lowest BCUT2D eigenvalue weighted by atomic mass is 10.2. The zero-order valence-electron chi connectivity index (χ0n) is 5.04. The molecule has 2 rings (SSSR count). The van der Waals surface area contributed by atoms with Gasteiger partial charge < -0.3 is 4.74 Å². The van der Waals surface area contributed by atoms with Crippen molar-refractivity contribution in [3.63, 3.8) is 0 Å². The molecule has 2 bridgehead atoms. The van der Waals surface area contributed by atoms with E-state index in [-0.39, 0.29) is 18.0 Å². The maximum atomic E-state index is 10.8. The molecule has 1 saturated heterocycles. The van der Waals surface area contributed by atoms with Gasteiger partial charge in [-0.2, -0.15) is 0 Å². The fourth-order valence-corrected chi connectivity index (χ4v) is 1.32. The highest BCUT2D eigenvalue weighted by molar-refractivity contribution is 5.94. The van der Waals surface area contributed by atoms with Gasteiger partial charge in [0.05, 0.1) is 6.10 Å². The van der Waals surface area contributed by atoms with E-state index in [0.717, 1.165) is 12.8 Å². The number of fused-ring (bicyclic) bond motifs is 2. The summed E-state index contributed by atoms with van der Waals surface area (Å²) in [4.78, 5) is 10.8. The van der Waals surface area contributed by atoms with Crippen LogP contribution in [0, 0.1) is 0 Å². The lowest BCUT2D eigenvalue weighted by Crippen LogP contribution is -2.22. The van der Waals surface area contributed by atoms with E-state index in [1.165, 1.54) is 0 Å². The third kappa shape index (κ3) is 0.704. The van der Waals surface area contributed by atoms with E-state index in [4.69, 9.17) is 4.74 Å². The van der Waals surface area contributed by atoms with Gasteiger partial charge >= 0.3 is 0 Å². The summed E-state index contributed by atoms with van der Waals surface area (Å²) in [6.07, 6.45) is 5.58. The first kappa shape index (κ1) is 5.18. The minimum atomic E-state index is -0.0972. The lowest BCUT2D eigenvalue weighted by Gasteiger charge is -2.11. The van der Waals surface area contributed by atoms with Crippen LogP contribution in [-0.2, 0) is 9.53 Å². The highest BCUT2D eigenvalue weighted by atomic mass is 16.5. The van der Waals surface area contributed by atoms with E-state index >= 15 is 0 Å². The van der Waals surface area contributed by atoms with Crippen molar-refractivity contribution in [2.75, 3.05) is 0 Å². The summed E-state index contributed by atoms with van der Waals surface area (Å²) in [5, 5.41) is 0. The average molecular weight is 124 g/mol. The number of ether oxygens (including phenoxy) is 1. The molecule has 0 aromatic heterocycles. The first-order valence-electron chi connectivity index (χ1n) is 3.24. The topological polar surface area (TPSA) is 26.3 Å². The van der Waals surface area contributed by atoms with Crippen LogP contribution in [0.2, 0.25) is 0 Å². The zero-order valence-corrected chi connectivity index (χ0v) is 5.04. The molecule has 0 radical (unpaired) electrons. The molecular weight excluding hydrogens is 116 g/mol. The quantitative estimate of drug-likeness (QED) is 0.474. The molecule has 1 fully saturated rings. The molecule has 0 aliphatic carbocycles. The lowest BCUT2D eigenvalue weighted by molar-refractivity contribution is -0.125. The number of rotatable bonds is 0. The van der Waals surface area contributed by atoms with Gasteiger partial charge in [-0.3, -0.25) is 4.79 Å².